The van der Waals surface area contributed by atoms with E-state index in [2.05, 4.69) is 58.9 Å². The number of aliphatic hydroxyl groups excluding tert-OH is 1. The number of aliphatic hydroxyl groups is 1. The highest BCUT2D eigenvalue weighted by molar-refractivity contribution is 7.47. The van der Waals surface area contributed by atoms with E-state index in [4.69, 9.17) is 37.0 Å². The van der Waals surface area contributed by atoms with Gasteiger partial charge in [-0.2, -0.15) is 0 Å². The minimum absolute atomic E-state index is 0.101. The summed E-state index contributed by atoms with van der Waals surface area (Å²) in [6.45, 7) is 7.16. The molecule has 92 heavy (non-hydrogen) atoms. The molecule has 0 aromatic rings. The van der Waals surface area contributed by atoms with Crippen LogP contribution >= 0.6 is 15.6 Å². The first-order chi connectivity index (χ1) is 44.5. The highest BCUT2D eigenvalue weighted by Crippen LogP contribution is 2.45. The largest absolute Gasteiger partial charge is 0.472 e. The highest BCUT2D eigenvalue weighted by Gasteiger charge is 2.30. The number of ether oxygens (including phenoxy) is 4. The quantitative estimate of drug-likeness (QED) is 0.0169. The van der Waals surface area contributed by atoms with Gasteiger partial charge >= 0.3 is 39.5 Å². The second-order valence-corrected chi connectivity index (χ2v) is 29.0. The van der Waals surface area contributed by atoms with Crippen molar-refractivity contribution in [3.8, 4) is 0 Å². The van der Waals surface area contributed by atoms with Gasteiger partial charge < -0.3 is 33.8 Å². The first-order valence-corrected chi connectivity index (χ1v) is 40.4. The molecule has 0 saturated carbocycles. The van der Waals surface area contributed by atoms with E-state index in [0.29, 0.717) is 25.7 Å². The molecule has 0 aliphatic rings. The topological polar surface area (TPSA) is 237 Å². The number of carbonyl (C=O) groups excluding carboxylic acids is 4. The van der Waals surface area contributed by atoms with E-state index >= 15 is 0 Å². The van der Waals surface area contributed by atoms with Crippen LogP contribution in [0.4, 0.5) is 0 Å². The van der Waals surface area contributed by atoms with Crippen molar-refractivity contribution in [3.63, 3.8) is 0 Å². The molecule has 0 amide bonds. The molecule has 5 atom stereocenters. The zero-order valence-electron chi connectivity index (χ0n) is 59.2. The number of allylic oxidation sites excluding steroid dienone is 4. The Kier molecular flexibility index (Phi) is 64.0. The monoisotopic (exact) mass is 1350 g/mol. The summed E-state index contributed by atoms with van der Waals surface area (Å²) in [7, 11) is -9.91. The zero-order valence-corrected chi connectivity index (χ0v) is 61.0. The normalized spacial score (nSPS) is 14.2. The molecule has 0 rings (SSSR count). The van der Waals surface area contributed by atoms with Gasteiger partial charge in [0.25, 0.3) is 0 Å². The van der Waals surface area contributed by atoms with E-state index in [1.807, 2.05) is 0 Å². The Labute approximate surface area is 561 Å². The van der Waals surface area contributed by atoms with Gasteiger partial charge in [0.1, 0.15) is 19.3 Å². The number of phosphoric ester groups is 2. The molecule has 17 nitrogen and oxygen atoms in total. The Hall–Kier alpha value is -2.46. The summed E-state index contributed by atoms with van der Waals surface area (Å²) in [6, 6.07) is 0. The van der Waals surface area contributed by atoms with Crippen LogP contribution in [0, 0.1) is 5.92 Å². The summed E-state index contributed by atoms with van der Waals surface area (Å²) in [6.07, 6.45) is 56.3. The molecule has 19 heteroatoms. The van der Waals surface area contributed by atoms with Crippen molar-refractivity contribution in [1.82, 2.24) is 0 Å². The van der Waals surface area contributed by atoms with Crippen molar-refractivity contribution in [2.45, 2.75) is 374 Å². The third-order valence-corrected chi connectivity index (χ3v) is 18.3. The second-order valence-electron chi connectivity index (χ2n) is 26.1. The molecule has 0 aromatic heterocycles. The van der Waals surface area contributed by atoms with Crippen LogP contribution in [-0.2, 0) is 65.4 Å². The molecule has 0 spiro atoms. The lowest BCUT2D eigenvalue weighted by molar-refractivity contribution is -0.161. The van der Waals surface area contributed by atoms with Crippen LogP contribution < -0.4 is 0 Å². The van der Waals surface area contributed by atoms with E-state index in [0.717, 1.165) is 115 Å². The number of unbranched alkanes of at least 4 members (excludes halogenated alkanes) is 40. The van der Waals surface area contributed by atoms with Gasteiger partial charge in [-0.15, -0.1) is 0 Å². The molecule has 0 aromatic carbocycles. The third kappa shape index (κ3) is 66.2. The second kappa shape index (κ2) is 65.8. The SMILES string of the molecule is CCCCCC/C=C\C=C/CCCCCCCC(=O)OC[C@H](COP(=O)(O)OC[C@@H](O)COP(=O)(O)OC[C@@H](COC(=O)CCCCCCCCCCC)OC(=O)CCCCCCCCCCCC(C)C)OC(=O)CCCCCCCCCCCCCCCCCC. The fraction of sp³-hybridized carbons (Fsp3) is 0.890. The van der Waals surface area contributed by atoms with Crippen LogP contribution in [0.15, 0.2) is 24.3 Å². The van der Waals surface area contributed by atoms with E-state index in [1.54, 1.807) is 0 Å². The molecule has 0 radical (unpaired) electrons. The predicted molar refractivity (Wildman–Crippen MR) is 372 cm³/mol. The summed E-state index contributed by atoms with van der Waals surface area (Å²) in [5, 5.41) is 10.6. The van der Waals surface area contributed by atoms with Gasteiger partial charge in [-0.3, -0.25) is 37.3 Å². The van der Waals surface area contributed by atoms with Gasteiger partial charge in [-0.1, -0.05) is 303 Å². The fourth-order valence-corrected chi connectivity index (χ4v) is 12.2. The fourth-order valence-electron chi connectivity index (χ4n) is 10.6. The van der Waals surface area contributed by atoms with Crippen LogP contribution in [0.3, 0.4) is 0 Å². The minimum Gasteiger partial charge on any atom is -0.462 e. The molecular weight excluding hydrogens is 1210 g/mol. The lowest BCUT2D eigenvalue weighted by Crippen LogP contribution is -2.30. The number of esters is 4. The minimum atomic E-state index is -4.96. The Morgan fingerprint density at radius 3 is 0.891 bits per heavy atom. The van der Waals surface area contributed by atoms with E-state index < -0.39 is 97.5 Å². The first kappa shape index (κ1) is 89.5. The Bertz CT molecular complexity index is 1860. The Balaban J connectivity index is 5.27. The highest BCUT2D eigenvalue weighted by atomic mass is 31.2. The van der Waals surface area contributed by atoms with Gasteiger partial charge in [0.15, 0.2) is 12.2 Å². The van der Waals surface area contributed by atoms with Gasteiger partial charge in [-0.05, 0) is 57.3 Å². The van der Waals surface area contributed by atoms with Gasteiger partial charge in [0, 0.05) is 25.7 Å². The molecular formula is C73H138O17P2. The molecule has 0 aliphatic heterocycles. The van der Waals surface area contributed by atoms with Gasteiger partial charge in [0.05, 0.1) is 26.4 Å². The molecule has 0 fully saturated rings. The molecule has 0 aliphatic carbocycles. The predicted octanol–water partition coefficient (Wildman–Crippen LogP) is 20.9. The molecule has 542 valence electrons. The maximum atomic E-state index is 13.0. The maximum absolute atomic E-state index is 13.0. The number of phosphoric acid groups is 2. The first-order valence-electron chi connectivity index (χ1n) is 37.5. The van der Waals surface area contributed by atoms with Crippen molar-refractivity contribution in [1.29, 1.82) is 0 Å². The lowest BCUT2D eigenvalue weighted by Gasteiger charge is -2.21. The number of hydrogen-bond acceptors (Lipinski definition) is 15. The lowest BCUT2D eigenvalue weighted by atomic mass is 10.0. The summed E-state index contributed by atoms with van der Waals surface area (Å²) in [5.41, 5.74) is 0. The third-order valence-electron chi connectivity index (χ3n) is 16.4. The van der Waals surface area contributed by atoms with E-state index in [1.165, 1.54) is 161 Å². The van der Waals surface area contributed by atoms with Crippen LogP contribution in [0.5, 0.6) is 0 Å². The summed E-state index contributed by atoms with van der Waals surface area (Å²) in [5.74, 6) is -1.41. The standard InChI is InChI=1S/C73H138O17P2/c1-6-9-12-15-18-21-23-25-27-29-31-33-38-43-48-53-58-72(77)89-69(63-84-71(76)57-52-47-42-37-32-30-28-26-24-22-19-16-13-10-7-2)65-88-92(81,82)86-61-67(74)60-85-91(79,80)87-64-68(62-83-70(75)56-51-46-41-35-20-17-14-11-8-3)90-73(78)59-54-49-44-39-34-36-40-45-50-55-66(4)5/h22,24,26,28,66-69,74H,6-21,23,25,27,29-65H2,1-5H3,(H,79,80)(H,81,82)/b24-22-,28-26-/t67-,68+,69+/m0/s1. The Morgan fingerprint density at radius 2 is 0.587 bits per heavy atom. The Morgan fingerprint density at radius 1 is 0.337 bits per heavy atom. The summed E-state index contributed by atoms with van der Waals surface area (Å²) in [4.78, 5) is 72.6. The molecule has 0 bridgehead atoms. The van der Waals surface area contributed by atoms with Crippen LogP contribution in [0.25, 0.3) is 0 Å². The summed E-state index contributed by atoms with van der Waals surface area (Å²) < 4.78 is 68.3. The average molecular weight is 1350 g/mol. The van der Waals surface area contributed by atoms with Crippen LogP contribution in [0.2, 0.25) is 0 Å². The van der Waals surface area contributed by atoms with Gasteiger partial charge in [0.2, 0.25) is 0 Å². The maximum Gasteiger partial charge on any atom is 0.472 e. The van der Waals surface area contributed by atoms with E-state index in [-0.39, 0.29) is 25.7 Å². The average Bonchev–Trinajstić information content (AvgIpc) is 1.78. The van der Waals surface area contributed by atoms with Crippen LogP contribution in [-0.4, -0.2) is 96.7 Å². The molecule has 0 heterocycles. The number of hydrogen-bond donors (Lipinski definition) is 3. The zero-order chi connectivity index (χ0) is 67.7. The van der Waals surface area contributed by atoms with Gasteiger partial charge in [-0.25, -0.2) is 9.13 Å². The van der Waals surface area contributed by atoms with Crippen molar-refractivity contribution >= 4 is 39.5 Å². The molecule has 3 N–H and O–H groups in total. The van der Waals surface area contributed by atoms with E-state index in [9.17, 15) is 43.2 Å². The van der Waals surface area contributed by atoms with Crippen molar-refractivity contribution < 1.29 is 80.2 Å². The molecule has 0 saturated heterocycles. The number of carbonyl (C=O) groups is 4. The summed E-state index contributed by atoms with van der Waals surface area (Å²) >= 11 is 0. The van der Waals surface area contributed by atoms with Crippen LogP contribution in [0.1, 0.15) is 356 Å². The number of rotatable bonds is 71. The van der Waals surface area contributed by atoms with Crippen molar-refractivity contribution in [2.75, 3.05) is 39.6 Å². The van der Waals surface area contributed by atoms with Crippen molar-refractivity contribution in [2.24, 2.45) is 5.92 Å². The molecule has 2 unspecified atom stereocenters. The van der Waals surface area contributed by atoms with Crippen molar-refractivity contribution in [3.05, 3.63) is 24.3 Å². The smallest absolute Gasteiger partial charge is 0.462 e.